The van der Waals surface area contributed by atoms with Crippen LogP contribution in [-0.2, 0) is 0 Å². The van der Waals surface area contributed by atoms with Crippen molar-refractivity contribution in [1.29, 1.82) is 5.26 Å². The second-order valence-corrected chi connectivity index (χ2v) is 1.73. The Balaban J connectivity index is 2.88. The van der Waals surface area contributed by atoms with Gasteiger partial charge >= 0.3 is 0 Å². The SMILES string of the molecule is N#CN([O-])c1ccccc1. The van der Waals surface area contributed by atoms with Crippen LogP contribution in [0.2, 0.25) is 0 Å². The standard InChI is InChI=1S/C7H5N2O/c8-6-9(10)7-4-2-1-3-5-7/h1-5H/q-1. The van der Waals surface area contributed by atoms with Crippen LogP contribution in [0.1, 0.15) is 0 Å². The fourth-order valence-corrected chi connectivity index (χ4v) is 0.621. The first-order valence-corrected chi connectivity index (χ1v) is 2.76. The highest BCUT2D eigenvalue weighted by Crippen LogP contribution is 2.09. The maximum atomic E-state index is 10.6. The summed E-state index contributed by atoms with van der Waals surface area (Å²) in [6, 6.07) is 8.36. The van der Waals surface area contributed by atoms with E-state index in [0.717, 1.165) is 0 Å². The Labute approximate surface area is 58.7 Å². The number of benzene rings is 1. The van der Waals surface area contributed by atoms with Crippen molar-refractivity contribution in [3.63, 3.8) is 0 Å². The van der Waals surface area contributed by atoms with E-state index in [1.54, 1.807) is 30.3 Å². The third kappa shape index (κ3) is 1.24. The van der Waals surface area contributed by atoms with Gasteiger partial charge in [0.25, 0.3) is 0 Å². The molecule has 0 aliphatic heterocycles. The lowest BCUT2D eigenvalue weighted by atomic mass is 10.3. The van der Waals surface area contributed by atoms with Gasteiger partial charge in [-0.2, -0.15) is 5.26 Å². The quantitative estimate of drug-likeness (QED) is 0.331. The van der Waals surface area contributed by atoms with Gasteiger partial charge < -0.3 is 10.3 Å². The zero-order valence-corrected chi connectivity index (χ0v) is 5.19. The van der Waals surface area contributed by atoms with Gasteiger partial charge in [0.05, 0.1) is 0 Å². The van der Waals surface area contributed by atoms with Crippen LogP contribution in [0.3, 0.4) is 0 Å². The van der Waals surface area contributed by atoms with Crippen molar-refractivity contribution in [2.24, 2.45) is 0 Å². The highest BCUT2D eigenvalue weighted by Gasteiger charge is 1.87. The third-order valence-electron chi connectivity index (χ3n) is 1.08. The molecule has 0 unspecified atom stereocenters. The Morgan fingerprint density at radius 1 is 1.30 bits per heavy atom. The number of nitriles is 1. The Bertz CT molecular complexity index is 240. The molecule has 0 saturated carbocycles. The zero-order chi connectivity index (χ0) is 7.40. The van der Waals surface area contributed by atoms with Crippen molar-refractivity contribution in [3.8, 4) is 6.19 Å². The van der Waals surface area contributed by atoms with Gasteiger partial charge in [0.1, 0.15) is 0 Å². The summed E-state index contributed by atoms with van der Waals surface area (Å²) < 4.78 is 0. The maximum Gasteiger partial charge on any atom is 0.172 e. The predicted octanol–water partition coefficient (Wildman–Crippen LogP) is 1.47. The molecule has 0 N–H and O–H groups in total. The predicted molar refractivity (Wildman–Crippen MR) is 37.9 cm³/mol. The summed E-state index contributed by atoms with van der Waals surface area (Å²) >= 11 is 0. The lowest BCUT2D eigenvalue weighted by Crippen LogP contribution is -2.03. The van der Waals surface area contributed by atoms with Crippen LogP contribution < -0.4 is 5.06 Å². The van der Waals surface area contributed by atoms with Crippen molar-refractivity contribution >= 4 is 5.69 Å². The van der Waals surface area contributed by atoms with Crippen LogP contribution in [-0.4, -0.2) is 0 Å². The molecule has 0 amide bonds. The first kappa shape index (κ1) is 6.59. The summed E-state index contributed by atoms with van der Waals surface area (Å²) in [6.07, 6.45) is 1.46. The van der Waals surface area contributed by atoms with Gasteiger partial charge in [0.2, 0.25) is 0 Å². The minimum atomic E-state index is 0.264. The molecule has 3 nitrogen and oxygen atoms in total. The van der Waals surface area contributed by atoms with E-state index in [4.69, 9.17) is 5.26 Å². The number of nitrogens with zero attached hydrogens (tertiary/aromatic N) is 2. The van der Waals surface area contributed by atoms with Crippen LogP contribution in [0.15, 0.2) is 30.3 Å². The molecule has 3 heteroatoms. The van der Waals surface area contributed by atoms with E-state index in [-0.39, 0.29) is 5.06 Å². The zero-order valence-electron chi connectivity index (χ0n) is 5.19. The molecule has 1 aromatic rings. The molecule has 0 fully saturated rings. The molecular formula is C7H5N2O-. The molecule has 0 atom stereocenters. The van der Waals surface area contributed by atoms with Crippen molar-refractivity contribution in [2.45, 2.75) is 0 Å². The van der Waals surface area contributed by atoms with Crippen LogP contribution in [0.5, 0.6) is 0 Å². The maximum absolute atomic E-state index is 10.6. The largest absolute Gasteiger partial charge is 0.745 e. The van der Waals surface area contributed by atoms with Crippen LogP contribution in [0, 0.1) is 16.7 Å². The average Bonchev–Trinajstić information content (AvgIpc) is 2.05. The van der Waals surface area contributed by atoms with Crippen molar-refractivity contribution < 1.29 is 0 Å². The summed E-state index contributed by atoms with van der Waals surface area (Å²) in [7, 11) is 0. The van der Waals surface area contributed by atoms with E-state index < -0.39 is 0 Å². The number of rotatable bonds is 1. The Morgan fingerprint density at radius 2 is 1.90 bits per heavy atom. The number of hydrogen-bond donors (Lipinski definition) is 0. The fraction of sp³-hybridized carbons (Fsp3) is 0. The lowest BCUT2D eigenvalue weighted by molar-refractivity contribution is 1.29. The van der Waals surface area contributed by atoms with Crippen LogP contribution >= 0.6 is 0 Å². The van der Waals surface area contributed by atoms with Gasteiger partial charge in [-0.05, 0) is 12.1 Å². The smallest absolute Gasteiger partial charge is 0.172 e. The minimum absolute atomic E-state index is 0.264. The number of anilines is 1. The van der Waals surface area contributed by atoms with E-state index in [1.807, 2.05) is 0 Å². The van der Waals surface area contributed by atoms with Gasteiger partial charge in [-0.3, -0.25) is 0 Å². The van der Waals surface area contributed by atoms with E-state index in [9.17, 15) is 5.21 Å². The molecule has 0 aliphatic carbocycles. The molecule has 0 aliphatic rings. The monoisotopic (exact) mass is 133 g/mol. The number of para-hydroxylation sites is 1. The van der Waals surface area contributed by atoms with E-state index in [2.05, 4.69) is 0 Å². The van der Waals surface area contributed by atoms with Crippen molar-refractivity contribution in [1.82, 2.24) is 0 Å². The normalized spacial score (nSPS) is 8.40. The Hall–Kier alpha value is -1.53. The molecular weight excluding hydrogens is 128 g/mol. The summed E-state index contributed by atoms with van der Waals surface area (Å²) in [4.78, 5) is 0. The summed E-state index contributed by atoms with van der Waals surface area (Å²) in [5, 5.41) is 19.0. The molecule has 0 spiro atoms. The highest BCUT2D eigenvalue weighted by molar-refractivity contribution is 5.50. The Morgan fingerprint density at radius 3 is 2.40 bits per heavy atom. The summed E-state index contributed by atoms with van der Waals surface area (Å²) in [5.74, 6) is 0. The molecule has 0 radical (unpaired) electrons. The van der Waals surface area contributed by atoms with Crippen molar-refractivity contribution in [3.05, 3.63) is 35.5 Å². The minimum Gasteiger partial charge on any atom is -0.745 e. The van der Waals surface area contributed by atoms with E-state index in [1.165, 1.54) is 6.19 Å². The molecule has 0 bridgehead atoms. The first-order valence-electron chi connectivity index (χ1n) is 2.76. The molecule has 1 aromatic carbocycles. The molecule has 50 valence electrons. The molecule has 1 rings (SSSR count). The second kappa shape index (κ2) is 2.85. The van der Waals surface area contributed by atoms with Gasteiger partial charge in [-0.15, -0.1) is 0 Å². The lowest BCUT2D eigenvalue weighted by Gasteiger charge is -2.19. The van der Waals surface area contributed by atoms with Crippen LogP contribution in [0.25, 0.3) is 0 Å². The molecule has 10 heavy (non-hydrogen) atoms. The topological polar surface area (TPSA) is 50.1 Å². The number of hydrogen-bond acceptors (Lipinski definition) is 3. The van der Waals surface area contributed by atoms with Gasteiger partial charge in [-0.25, -0.2) is 0 Å². The Kier molecular flexibility index (Phi) is 1.88. The average molecular weight is 133 g/mol. The molecule has 0 heterocycles. The van der Waals surface area contributed by atoms with Crippen molar-refractivity contribution in [2.75, 3.05) is 5.06 Å². The van der Waals surface area contributed by atoms with Gasteiger partial charge in [-0.1, -0.05) is 18.2 Å². The van der Waals surface area contributed by atoms with E-state index >= 15 is 0 Å². The van der Waals surface area contributed by atoms with Gasteiger partial charge in [0.15, 0.2) is 6.19 Å². The van der Waals surface area contributed by atoms with Crippen LogP contribution in [0.4, 0.5) is 5.69 Å². The molecule has 0 aromatic heterocycles. The summed E-state index contributed by atoms with van der Waals surface area (Å²) in [6.45, 7) is 0. The third-order valence-corrected chi connectivity index (χ3v) is 1.08. The fourth-order valence-electron chi connectivity index (χ4n) is 0.621. The molecule has 0 saturated heterocycles. The van der Waals surface area contributed by atoms with Gasteiger partial charge in [0, 0.05) is 5.69 Å². The summed E-state index contributed by atoms with van der Waals surface area (Å²) in [5.41, 5.74) is 0.366. The first-order chi connectivity index (χ1) is 4.84. The van der Waals surface area contributed by atoms with E-state index in [0.29, 0.717) is 5.69 Å². The second-order valence-electron chi connectivity index (χ2n) is 1.73. The highest BCUT2D eigenvalue weighted by atomic mass is 16.5. The number of hydroxylamine groups is 1.